The molecule has 3 aliphatic rings. The number of nitrogens with zero attached hydrogens (tertiary/aromatic N) is 4. The molecule has 16 heteroatoms. The molecule has 3 aromatic carbocycles. The van der Waals surface area contributed by atoms with Crippen molar-refractivity contribution in [2.45, 2.75) is 115 Å². The lowest BCUT2D eigenvalue weighted by Gasteiger charge is -2.33. The van der Waals surface area contributed by atoms with Crippen molar-refractivity contribution in [2.75, 3.05) is 44.9 Å². The van der Waals surface area contributed by atoms with E-state index >= 15 is 0 Å². The van der Waals surface area contributed by atoms with E-state index in [0.717, 1.165) is 99.8 Å². The van der Waals surface area contributed by atoms with Crippen LogP contribution in [0, 0.1) is 12.7 Å². The smallest absolute Gasteiger partial charge is 0.416 e. The third kappa shape index (κ3) is 9.74. The standard InChI is InChI=1S/C46H55F4N7O5/c1-26(29-19-30(46(48,49)50)21-32(51)20-29)52-43-36-24-39(61-3)42(62-4)33(41(36)53-27(2)54-43)11-9-7-5-6-8-10-16-56-17-14-28(15-18-56)34-22-31(47)23-35-37(34)25-57(45(35)60)38-12-13-40(58)55-44(38)59/h19-24,26,28,38H,5-18,25,51H2,1-4H3,(H,52,53,54)(H,55,58,59). The van der Waals surface area contributed by atoms with E-state index in [1.165, 1.54) is 17.0 Å². The summed E-state index contributed by atoms with van der Waals surface area (Å²) in [6.07, 6.45) is 4.50. The summed E-state index contributed by atoms with van der Waals surface area (Å²) < 4.78 is 67.2. The van der Waals surface area contributed by atoms with Gasteiger partial charge in [-0.3, -0.25) is 19.7 Å². The minimum Gasteiger partial charge on any atom is -0.493 e. The number of nitrogen functional groups attached to an aromatic ring is 1. The van der Waals surface area contributed by atoms with E-state index in [0.29, 0.717) is 51.6 Å². The van der Waals surface area contributed by atoms with E-state index in [4.69, 9.17) is 20.2 Å². The predicted octanol–water partition coefficient (Wildman–Crippen LogP) is 8.39. The number of amides is 3. The van der Waals surface area contributed by atoms with Gasteiger partial charge < -0.3 is 30.3 Å². The molecule has 2 atom stereocenters. The largest absolute Gasteiger partial charge is 0.493 e. The Kier molecular flexibility index (Phi) is 13.5. The van der Waals surface area contributed by atoms with Crippen LogP contribution >= 0.6 is 0 Å². The Morgan fingerprint density at radius 3 is 2.35 bits per heavy atom. The van der Waals surface area contributed by atoms with E-state index in [-0.39, 0.29) is 42.8 Å². The third-order valence-corrected chi connectivity index (χ3v) is 12.5. The molecule has 4 N–H and O–H groups in total. The molecule has 7 rings (SSSR count). The van der Waals surface area contributed by atoms with Crippen LogP contribution < -0.4 is 25.8 Å². The van der Waals surface area contributed by atoms with Gasteiger partial charge in [0.15, 0.2) is 11.5 Å². The van der Waals surface area contributed by atoms with Crippen LogP contribution in [0.25, 0.3) is 10.9 Å². The molecular formula is C46H55F4N7O5. The summed E-state index contributed by atoms with van der Waals surface area (Å²) in [6.45, 7) is 6.54. The Bertz CT molecular complexity index is 2330. The zero-order valence-electron chi connectivity index (χ0n) is 35.7. The number of hydrogen-bond acceptors (Lipinski definition) is 10. The first-order chi connectivity index (χ1) is 29.6. The molecule has 0 aliphatic carbocycles. The maximum absolute atomic E-state index is 14.9. The lowest BCUT2D eigenvalue weighted by Crippen LogP contribution is -2.52. The molecule has 332 valence electrons. The number of carbonyl (C=O) groups is 3. The number of aromatic nitrogens is 2. The summed E-state index contributed by atoms with van der Waals surface area (Å²) >= 11 is 0. The second-order valence-corrected chi connectivity index (χ2v) is 16.8. The van der Waals surface area contributed by atoms with Crippen molar-refractivity contribution in [1.29, 1.82) is 0 Å². The zero-order chi connectivity index (χ0) is 44.3. The van der Waals surface area contributed by atoms with Crippen LogP contribution in [0.4, 0.5) is 29.1 Å². The van der Waals surface area contributed by atoms with Crippen LogP contribution in [-0.2, 0) is 28.7 Å². The number of aryl methyl sites for hydroxylation is 2. The Morgan fingerprint density at radius 1 is 0.935 bits per heavy atom. The molecule has 1 aromatic heterocycles. The predicted molar refractivity (Wildman–Crippen MR) is 228 cm³/mol. The van der Waals surface area contributed by atoms with Crippen LogP contribution in [0.15, 0.2) is 36.4 Å². The number of likely N-dealkylation sites (tertiary alicyclic amines) is 1. The topological polar surface area (TPSA) is 152 Å². The Morgan fingerprint density at radius 2 is 1.66 bits per heavy atom. The lowest BCUT2D eigenvalue weighted by atomic mass is 9.85. The van der Waals surface area contributed by atoms with Crippen LogP contribution in [-0.4, -0.2) is 77.4 Å². The minimum atomic E-state index is -4.53. The number of ether oxygens (including phenoxy) is 2. The fourth-order valence-electron chi connectivity index (χ4n) is 9.33. The average Bonchev–Trinajstić information content (AvgIpc) is 3.55. The molecule has 12 nitrogen and oxygen atoms in total. The molecule has 4 heterocycles. The Labute approximate surface area is 358 Å². The van der Waals surface area contributed by atoms with Crippen molar-refractivity contribution in [3.63, 3.8) is 0 Å². The number of nitrogens with one attached hydrogen (secondary N) is 2. The van der Waals surface area contributed by atoms with E-state index in [1.54, 1.807) is 40.2 Å². The molecule has 0 spiro atoms. The average molecular weight is 862 g/mol. The number of nitrogens with two attached hydrogens (primary N) is 1. The lowest BCUT2D eigenvalue weighted by molar-refractivity contribution is -0.138. The summed E-state index contributed by atoms with van der Waals surface area (Å²) in [5.41, 5.74) is 9.01. The number of fused-ring (bicyclic) bond motifs is 2. The van der Waals surface area contributed by atoms with Crippen LogP contribution in [0.3, 0.4) is 0 Å². The highest BCUT2D eigenvalue weighted by Gasteiger charge is 2.41. The van der Waals surface area contributed by atoms with Gasteiger partial charge in [-0.15, -0.1) is 0 Å². The minimum absolute atomic E-state index is 0.0217. The quantitative estimate of drug-likeness (QED) is 0.0434. The van der Waals surface area contributed by atoms with Gasteiger partial charge in [-0.25, -0.2) is 14.4 Å². The summed E-state index contributed by atoms with van der Waals surface area (Å²) in [5, 5.41) is 6.30. The van der Waals surface area contributed by atoms with Gasteiger partial charge in [0, 0.05) is 35.2 Å². The highest BCUT2D eigenvalue weighted by Crippen LogP contribution is 2.42. The Balaban J connectivity index is 0.896. The number of imide groups is 1. The van der Waals surface area contributed by atoms with Crippen LogP contribution in [0.1, 0.15) is 127 Å². The number of hydrogen-bond donors (Lipinski definition) is 3. The van der Waals surface area contributed by atoms with E-state index in [2.05, 4.69) is 20.5 Å². The normalized spacial score (nSPS) is 18.0. The maximum Gasteiger partial charge on any atom is 0.416 e. The SMILES string of the molecule is COc1cc2c(NC(C)c3cc(N)cc(C(F)(F)F)c3)nc(C)nc2c(CCCCCCCCN2CCC(c3cc(F)cc4c3CN(C3CCC(=O)NC3=O)C4=O)CC2)c1OC. The molecule has 2 unspecified atom stereocenters. The molecule has 0 saturated carbocycles. The van der Waals surface area contributed by atoms with Crippen molar-refractivity contribution in [1.82, 2.24) is 25.1 Å². The van der Waals surface area contributed by atoms with Gasteiger partial charge in [0.05, 0.1) is 31.3 Å². The molecule has 0 radical (unpaired) electrons. The second-order valence-electron chi connectivity index (χ2n) is 16.8. The number of benzene rings is 3. The van der Waals surface area contributed by atoms with E-state index in [1.807, 2.05) is 0 Å². The number of carbonyl (C=O) groups excluding carboxylic acids is 3. The summed E-state index contributed by atoms with van der Waals surface area (Å²) in [4.78, 5) is 50.9. The maximum atomic E-state index is 14.9. The van der Waals surface area contributed by atoms with Crippen molar-refractivity contribution in [3.05, 3.63) is 81.4 Å². The van der Waals surface area contributed by atoms with Crippen molar-refractivity contribution < 1.29 is 41.4 Å². The van der Waals surface area contributed by atoms with Gasteiger partial charge in [-0.05, 0) is 131 Å². The molecule has 2 fully saturated rings. The van der Waals surface area contributed by atoms with Gasteiger partial charge in [0.1, 0.15) is 23.5 Å². The summed E-state index contributed by atoms with van der Waals surface area (Å²) in [5.74, 6) is 0.575. The number of alkyl halides is 3. The van der Waals surface area contributed by atoms with Gasteiger partial charge in [-0.1, -0.05) is 25.7 Å². The first-order valence-electron chi connectivity index (χ1n) is 21.5. The highest BCUT2D eigenvalue weighted by atomic mass is 19.4. The van der Waals surface area contributed by atoms with E-state index in [9.17, 15) is 31.9 Å². The second kappa shape index (κ2) is 18.9. The molecule has 0 bridgehead atoms. The van der Waals surface area contributed by atoms with E-state index < -0.39 is 35.5 Å². The molecular weight excluding hydrogens is 807 g/mol. The molecule has 3 amide bonds. The monoisotopic (exact) mass is 861 g/mol. The number of anilines is 2. The molecule has 2 saturated heterocycles. The van der Waals surface area contributed by atoms with Crippen LogP contribution in [0.5, 0.6) is 11.5 Å². The molecule has 4 aromatic rings. The zero-order valence-corrected chi connectivity index (χ0v) is 35.7. The van der Waals surface area contributed by atoms with Gasteiger partial charge in [-0.2, -0.15) is 13.2 Å². The number of halogens is 4. The third-order valence-electron chi connectivity index (χ3n) is 12.5. The molecule has 3 aliphatic heterocycles. The highest BCUT2D eigenvalue weighted by molar-refractivity contribution is 6.05. The van der Waals surface area contributed by atoms with Gasteiger partial charge >= 0.3 is 6.18 Å². The van der Waals surface area contributed by atoms with Crippen LogP contribution in [0.2, 0.25) is 0 Å². The molecule has 62 heavy (non-hydrogen) atoms. The van der Waals surface area contributed by atoms with Gasteiger partial charge in [0.25, 0.3) is 5.91 Å². The fourth-order valence-corrected chi connectivity index (χ4v) is 9.33. The first kappa shape index (κ1) is 44.5. The number of methoxy groups -OCH3 is 2. The fraction of sp³-hybridized carbons (Fsp3) is 0.500. The first-order valence-corrected chi connectivity index (χ1v) is 21.5. The number of rotatable bonds is 16. The van der Waals surface area contributed by atoms with Crippen molar-refractivity contribution in [2.24, 2.45) is 0 Å². The van der Waals surface area contributed by atoms with Crippen molar-refractivity contribution in [3.8, 4) is 11.5 Å². The van der Waals surface area contributed by atoms with Gasteiger partial charge in [0.2, 0.25) is 11.8 Å². The van der Waals surface area contributed by atoms with Crippen molar-refractivity contribution >= 4 is 40.1 Å². The number of unbranched alkanes of at least 4 members (excludes halogenated alkanes) is 5. The Hall–Kier alpha value is -5.51. The summed E-state index contributed by atoms with van der Waals surface area (Å²) in [7, 11) is 3.16. The summed E-state index contributed by atoms with van der Waals surface area (Å²) in [6, 6.07) is 6.88. The number of piperidine rings is 2.